The van der Waals surface area contributed by atoms with Crippen molar-refractivity contribution >= 4 is 15.9 Å². The minimum absolute atomic E-state index is 0.375. The van der Waals surface area contributed by atoms with Crippen molar-refractivity contribution in [3.63, 3.8) is 0 Å². The Kier molecular flexibility index (Phi) is 5.23. The van der Waals surface area contributed by atoms with Crippen LogP contribution in [-0.4, -0.2) is 49.2 Å². The summed E-state index contributed by atoms with van der Waals surface area (Å²) in [5.74, 6) is 0.375. The van der Waals surface area contributed by atoms with Gasteiger partial charge in [0.25, 0.3) is 0 Å². The van der Waals surface area contributed by atoms with Crippen LogP contribution in [-0.2, 0) is 23.7 Å². The maximum absolute atomic E-state index is 12.5. The fraction of sp³-hybridized carbons (Fsp3) is 0.769. The van der Waals surface area contributed by atoms with E-state index in [1.807, 2.05) is 14.0 Å². The summed E-state index contributed by atoms with van der Waals surface area (Å²) in [4.78, 5) is 0. The summed E-state index contributed by atoms with van der Waals surface area (Å²) in [5, 5.41) is 7.39. The summed E-state index contributed by atoms with van der Waals surface area (Å²) in [6, 6.07) is 0. The zero-order chi connectivity index (χ0) is 15.5. The molecule has 0 aliphatic carbocycles. The van der Waals surface area contributed by atoms with Crippen LogP contribution >= 0.6 is 0 Å². The van der Waals surface area contributed by atoms with Gasteiger partial charge in [-0.3, -0.25) is 9.40 Å². The fourth-order valence-electron chi connectivity index (χ4n) is 2.78. The van der Waals surface area contributed by atoms with Crippen LogP contribution in [0, 0.1) is 5.92 Å². The molecule has 2 rings (SSSR count). The second kappa shape index (κ2) is 6.76. The van der Waals surface area contributed by atoms with Crippen molar-refractivity contribution in [2.45, 2.75) is 26.2 Å². The Morgan fingerprint density at radius 3 is 2.90 bits per heavy atom. The zero-order valence-corrected chi connectivity index (χ0v) is 13.8. The van der Waals surface area contributed by atoms with Gasteiger partial charge in [0.1, 0.15) is 0 Å². The van der Waals surface area contributed by atoms with Gasteiger partial charge in [0.15, 0.2) is 0 Å². The minimum atomic E-state index is -3.50. The van der Waals surface area contributed by atoms with Gasteiger partial charge < -0.3 is 5.32 Å². The fourth-order valence-corrected chi connectivity index (χ4v) is 4.14. The number of aromatic nitrogens is 2. The molecule has 8 heteroatoms. The van der Waals surface area contributed by atoms with Gasteiger partial charge >= 0.3 is 10.2 Å². The lowest BCUT2D eigenvalue weighted by atomic mass is 10.00. The Labute approximate surface area is 126 Å². The first kappa shape index (κ1) is 16.3. The zero-order valence-electron chi connectivity index (χ0n) is 13.0. The highest BCUT2D eigenvalue weighted by atomic mass is 32.2. The topological polar surface area (TPSA) is 79.3 Å². The third-order valence-electron chi connectivity index (χ3n) is 3.79. The van der Waals surface area contributed by atoms with E-state index in [0.29, 0.717) is 31.1 Å². The van der Waals surface area contributed by atoms with E-state index >= 15 is 0 Å². The van der Waals surface area contributed by atoms with Gasteiger partial charge in [0.05, 0.1) is 11.4 Å². The number of anilines is 1. The summed E-state index contributed by atoms with van der Waals surface area (Å²) < 4.78 is 30.9. The first-order chi connectivity index (χ1) is 9.96. The number of nitrogens with one attached hydrogen (secondary N) is 2. The highest BCUT2D eigenvalue weighted by Crippen LogP contribution is 2.22. The molecule has 1 aliphatic heterocycles. The summed E-state index contributed by atoms with van der Waals surface area (Å²) in [6.07, 6.45) is 4.38. The lowest BCUT2D eigenvalue weighted by molar-refractivity contribution is 0.264. The lowest BCUT2D eigenvalue weighted by Crippen LogP contribution is -2.44. The lowest BCUT2D eigenvalue weighted by Gasteiger charge is -2.31. The third-order valence-corrected chi connectivity index (χ3v) is 5.28. The molecule has 1 aromatic rings. The molecule has 0 amide bonds. The standard InChI is InChI=1S/C13H25N5O2S/c1-4-12-13(10-17(3)15-12)16-21(19,20)18-7-5-6-11(9-18)8-14-2/h10-11,14,16H,4-9H2,1-3H3. The van der Waals surface area contributed by atoms with E-state index in [1.54, 1.807) is 22.2 Å². The number of aryl methyl sites for hydroxylation is 2. The SMILES string of the molecule is CCc1nn(C)cc1NS(=O)(=O)N1CCCC(CNC)C1. The smallest absolute Gasteiger partial charge is 0.301 e. The maximum atomic E-state index is 12.5. The first-order valence-electron chi connectivity index (χ1n) is 7.41. The van der Waals surface area contributed by atoms with Crippen LogP contribution in [0.5, 0.6) is 0 Å². The molecule has 1 saturated heterocycles. The summed E-state index contributed by atoms with van der Waals surface area (Å²) in [5.41, 5.74) is 1.35. The molecule has 7 nitrogen and oxygen atoms in total. The highest BCUT2D eigenvalue weighted by molar-refractivity contribution is 7.90. The van der Waals surface area contributed by atoms with Gasteiger partial charge in [-0.25, -0.2) is 0 Å². The van der Waals surface area contributed by atoms with Crippen LogP contribution in [0.2, 0.25) is 0 Å². The van der Waals surface area contributed by atoms with Crippen molar-refractivity contribution in [1.29, 1.82) is 0 Å². The molecule has 0 spiro atoms. The van der Waals surface area contributed by atoms with E-state index in [4.69, 9.17) is 0 Å². The number of hydrogen-bond acceptors (Lipinski definition) is 4. The Hall–Kier alpha value is -1.12. The van der Waals surface area contributed by atoms with Gasteiger partial charge in [-0.1, -0.05) is 6.92 Å². The quantitative estimate of drug-likeness (QED) is 0.804. The summed E-state index contributed by atoms with van der Waals surface area (Å²) in [6.45, 7) is 3.96. The largest absolute Gasteiger partial charge is 0.319 e. The van der Waals surface area contributed by atoms with E-state index in [1.165, 1.54) is 0 Å². The van der Waals surface area contributed by atoms with Crippen molar-refractivity contribution in [3.05, 3.63) is 11.9 Å². The van der Waals surface area contributed by atoms with Crippen molar-refractivity contribution in [2.24, 2.45) is 13.0 Å². The molecule has 1 unspecified atom stereocenters. The van der Waals surface area contributed by atoms with Crippen molar-refractivity contribution in [2.75, 3.05) is 31.4 Å². The molecule has 1 aliphatic rings. The van der Waals surface area contributed by atoms with Crippen LogP contribution in [0.1, 0.15) is 25.5 Å². The first-order valence-corrected chi connectivity index (χ1v) is 8.85. The van der Waals surface area contributed by atoms with Crippen molar-refractivity contribution in [3.8, 4) is 0 Å². The Bertz CT molecular complexity index is 567. The molecule has 1 atom stereocenters. The molecular weight excluding hydrogens is 290 g/mol. The number of nitrogens with zero attached hydrogens (tertiary/aromatic N) is 3. The van der Waals surface area contributed by atoms with E-state index in [2.05, 4.69) is 15.1 Å². The molecule has 21 heavy (non-hydrogen) atoms. The molecule has 1 fully saturated rings. The van der Waals surface area contributed by atoms with Crippen molar-refractivity contribution < 1.29 is 8.42 Å². The van der Waals surface area contributed by atoms with E-state index < -0.39 is 10.2 Å². The molecule has 2 heterocycles. The molecule has 1 aromatic heterocycles. The molecule has 2 N–H and O–H groups in total. The number of piperidine rings is 1. The predicted molar refractivity (Wildman–Crippen MR) is 83.4 cm³/mol. The van der Waals surface area contributed by atoms with Crippen LogP contribution in [0.3, 0.4) is 0 Å². The molecule has 0 saturated carbocycles. The Morgan fingerprint density at radius 1 is 1.48 bits per heavy atom. The van der Waals surface area contributed by atoms with E-state index in [-0.39, 0.29) is 0 Å². The Balaban J connectivity index is 2.10. The second-order valence-corrected chi connectivity index (χ2v) is 7.22. The third kappa shape index (κ3) is 3.96. The van der Waals surface area contributed by atoms with Crippen LogP contribution in [0.4, 0.5) is 5.69 Å². The van der Waals surface area contributed by atoms with Gasteiger partial charge in [0.2, 0.25) is 0 Å². The van der Waals surface area contributed by atoms with Gasteiger partial charge in [-0.15, -0.1) is 0 Å². The molecule has 0 radical (unpaired) electrons. The second-order valence-electron chi connectivity index (χ2n) is 5.55. The van der Waals surface area contributed by atoms with E-state index in [9.17, 15) is 8.42 Å². The average molecular weight is 315 g/mol. The maximum Gasteiger partial charge on any atom is 0.301 e. The minimum Gasteiger partial charge on any atom is -0.319 e. The summed E-state index contributed by atoms with van der Waals surface area (Å²) in [7, 11) is 0.185. The molecule has 0 bridgehead atoms. The summed E-state index contributed by atoms with van der Waals surface area (Å²) >= 11 is 0. The average Bonchev–Trinajstić information content (AvgIpc) is 2.79. The monoisotopic (exact) mass is 315 g/mol. The van der Waals surface area contributed by atoms with Gasteiger partial charge in [-0.05, 0) is 38.8 Å². The van der Waals surface area contributed by atoms with Crippen LogP contribution in [0.15, 0.2) is 6.20 Å². The van der Waals surface area contributed by atoms with Crippen LogP contribution in [0.25, 0.3) is 0 Å². The number of hydrogen-bond donors (Lipinski definition) is 2. The molecule has 120 valence electrons. The normalized spacial score (nSPS) is 20.6. The molecule has 0 aromatic carbocycles. The number of rotatable bonds is 6. The van der Waals surface area contributed by atoms with Crippen molar-refractivity contribution in [1.82, 2.24) is 19.4 Å². The Morgan fingerprint density at radius 2 is 2.24 bits per heavy atom. The van der Waals surface area contributed by atoms with Gasteiger partial charge in [0, 0.05) is 26.3 Å². The highest BCUT2D eigenvalue weighted by Gasteiger charge is 2.29. The van der Waals surface area contributed by atoms with Crippen LogP contribution < -0.4 is 10.0 Å². The molecular formula is C13H25N5O2S. The van der Waals surface area contributed by atoms with Gasteiger partial charge in [-0.2, -0.15) is 17.8 Å². The van der Waals surface area contributed by atoms with E-state index in [0.717, 1.165) is 25.1 Å². The predicted octanol–water partition coefficient (Wildman–Crippen LogP) is 0.571.